The molecule has 4 heteroatoms. The maximum atomic E-state index is 9.03. The van der Waals surface area contributed by atoms with E-state index in [0.29, 0.717) is 6.61 Å². The van der Waals surface area contributed by atoms with Crippen molar-refractivity contribution in [1.82, 2.24) is 5.32 Å². The molecular formula is C6H12ClNO2. The molecule has 0 aromatic rings. The molecular weight excluding hydrogens is 154 g/mol. The van der Waals surface area contributed by atoms with Gasteiger partial charge in [-0.2, -0.15) is 0 Å². The molecule has 0 aromatic carbocycles. The molecule has 0 amide bonds. The molecule has 1 fully saturated rings. The third-order valence-corrected chi connectivity index (χ3v) is 2.09. The first-order chi connectivity index (χ1) is 4.72. The lowest BCUT2D eigenvalue weighted by Crippen LogP contribution is -2.38. The van der Waals surface area contributed by atoms with Crippen LogP contribution < -0.4 is 5.32 Å². The minimum Gasteiger partial charge on any atom is -0.392 e. The Morgan fingerprint density at radius 1 is 1.80 bits per heavy atom. The van der Waals surface area contributed by atoms with E-state index in [1.54, 1.807) is 6.92 Å². The zero-order valence-electron chi connectivity index (χ0n) is 5.88. The average Bonchev–Trinajstić information content (AvgIpc) is 2.36. The summed E-state index contributed by atoms with van der Waals surface area (Å²) in [5.41, 5.74) is 0. The SMILES string of the molecule is CC(O)C(Cl)C1NCCO1. The molecule has 0 spiro atoms. The Hall–Kier alpha value is 0.170. The number of rotatable bonds is 2. The third kappa shape index (κ3) is 1.83. The molecule has 3 atom stereocenters. The Morgan fingerprint density at radius 2 is 2.50 bits per heavy atom. The molecule has 10 heavy (non-hydrogen) atoms. The van der Waals surface area contributed by atoms with Gasteiger partial charge in [0.15, 0.2) is 0 Å². The number of aliphatic hydroxyl groups is 1. The maximum absolute atomic E-state index is 9.03. The van der Waals surface area contributed by atoms with Crippen LogP contribution in [0, 0.1) is 0 Å². The third-order valence-electron chi connectivity index (χ3n) is 1.50. The number of halogens is 1. The molecule has 3 nitrogen and oxygen atoms in total. The summed E-state index contributed by atoms with van der Waals surface area (Å²) < 4.78 is 5.17. The fourth-order valence-corrected chi connectivity index (χ4v) is 1.07. The highest BCUT2D eigenvalue weighted by molar-refractivity contribution is 6.21. The van der Waals surface area contributed by atoms with E-state index in [-0.39, 0.29) is 11.6 Å². The van der Waals surface area contributed by atoms with Gasteiger partial charge in [-0.25, -0.2) is 0 Å². The molecule has 1 saturated heterocycles. The summed E-state index contributed by atoms with van der Waals surface area (Å²) in [5, 5.41) is 11.7. The lowest BCUT2D eigenvalue weighted by molar-refractivity contribution is 0.0564. The number of ether oxygens (including phenoxy) is 1. The van der Waals surface area contributed by atoms with E-state index in [1.807, 2.05) is 0 Å². The molecule has 0 aliphatic carbocycles. The number of hydrogen-bond donors (Lipinski definition) is 2. The molecule has 0 saturated carbocycles. The van der Waals surface area contributed by atoms with E-state index in [1.165, 1.54) is 0 Å². The van der Waals surface area contributed by atoms with Gasteiger partial charge >= 0.3 is 0 Å². The van der Waals surface area contributed by atoms with Crippen LogP contribution in [0.25, 0.3) is 0 Å². The largest absolute Gasteiger partial charge is 0.392 e. The second kappa shape index (κ2) is 3.53. The van der Waals surface area contributed by atoms with Gasteiger partial charge < -0.3 is 9.84 Å². The Morgan fingerprint density at radius 3 is 2.90 bits per heavy atom. The van der Waals surface area contributed by atoms with E-state index in [0.717, 1.165) is 6.54 Å². The lowest BCUT2D eigenvalue weighted by Gasteiger charge is -2.18. The molecule has 0 bridgehead atoms. The molecule has 1 heterocycles. The van der Waals surface area contributed by atoms with Crippen molar-refractivity contribution in [1.29, 1.82) is 0 Å². The van der Waals surface area contributed by atoms with Crippen molar-refractivity contribution in [3.63, 3.8) is 0 Å². The summed E-state index contributed by atoms with van der Waals surface area (Å²) in [6.07, 6.45) is -0.709. The second-order valence-corrected chi connectivity index (χ2v) is 2.93. The quantitative estimate of drug-likeness (QED) is 0.563. The van der Waals surface area contributed by atoms with Gasteiger partial charge in [-0.1, -0.05) is 0 Å². The standard InChI is InChI=1S/C6H12ClNO2/c1-4(9)5(7)6-8-2-3-10-6/h4-6,8-9H,2-3H2,1H3. The van der Waals surface area contributed by atoms with Gasteiger partial charge in [0, 0.05) is 6.54 Å². The van der Waals surface area contributed by atoms with Gasteiger partial charge in [0.25, 0.3) is 0 Å². The van der Waals surface area contributed by atoms with E-state index >= 15 is 0 Å². The smallest absolute Gasteiger partial charge is 0.127 e. The van der Waals surface area contributed by atoms with Crippen molar-refractivity contribution in [2.45, 2.75) is 24.6 Å². The first-order valence-corrected chi connectivity index (χ1v) is 3.82. The number of aliphatic hydroxyl groups excluding tert-OH is 1. The van der Waals surface area contributed by atoms with Gasteiger partial charge in [-0.15, -0.1) is 11.6 Å². The number of hydrogen-bond acceptors (Lipinski definition) is 3. The van der Waals surface area contributed by atoms with E-state index in [9.17, 15) is 0 Å². The van der Waals surface area contributed by atoms with Crippen molar-refractivity contribution >= 4 is 11.6 Å². The van der Waals surface area contributed by atoms with Crippen LogP contribution in [-0.2, 0) is 4.74 Å². The monoisotopic (exact) mass is 165 g/mol. The van der Waals surface area contributed by atoms with Crippen LogP contribution in [0.2, 0.25) is 0 Å². The summed E-state index contributed by atoms with van der Waals surface area (Å²) >= 11 is 5.78. The zero-order chi connectivity index (χ0) is 7.56. The molecule has 1 aliphatic heterocycles. The molecule has 1 rings (SSSR count). The zero-order valence-corrected chi connectivity index (χ0v) is 6.64. The molecule has 60 valence electrons. The molecule has 2 N–H and O–H groups in total. The van der Waals surface area contributed by atoms with E-state index in [2.05, 4.69) is 5.32 Å². The van der Waals surface area contributed by atoms with Crippen LogP contribution in [-0.4, -0.2) is 36.0 Å². The predicted molar refractivity (Wildman–Crippen MR) is 39.1 cm³/mol. The highest BCUT2D eigenvalue weighted by atomic mass is 35.5. The maximum Gasteiger partial charge on any atom is 0.127 e. The summed E-state index contributed by atoms with van der Waals surface area (Å²) in [6, 6.07) is 0. The topological polar surface area (TPSA) is 41.5 Å². The summed E-state index contributed by atoms with van der Waals surface area (Å²) in [5.74, 6) is 0. The fourth-order valence-electron chi connectivity index (χ4n) is 0.903. The number of alkyl halides is 1. The molecule has 0 aromatic heterocycles. The first-order valence-electron chi connectivity index (χ1n) is 3.39. The van der Waals surface area contributed by atoms with Crippen molar-refractivity contribution < 1.29 is 9.84 Å². The summed E-state index contributed by atoms with van der Waals surface area (Å²) in [4.78, 5) is 0. The van der Waals surface area contributed by atoms with Crippen molar-refractivity contribution in [3.8, 4) is 0 Å². The van der Waals surface area contributed by atoms with Crippen LogP contribution in [0.1, 0.15) is 6.92 Å². The van der Waals surface area contributed by atoms with Crippen molar-refractivity contribution in [2.24, 2.45) is 0 Å². The van der Waals surface area contributed by atoms with E-state index < -0.39 is 6.10 Å². The van der Waals surface area contributed by atoms with Gasteiger partial charge in [0.2, 0.25) is 0 Å². The van der Waals surface area contributed by atoms with Crippen LogP contribution in [0.15, 0.2) is 0 Å². The van der Waals surface area contributed by atoms with Gasteiger partial charge in [0.05, 0.1) is 18.1 Å². The van der Waals surface area contributed by atoms with Gasteiger partial charge in [-0.05, 0) is 6.92 Å². The normalized spacial score (nSPS) is 32.1. The number of nitrogens with one attached hydrogen (secondary N) is 1. The van der Waals surface area contributed by atoms with Crippen molar-refractivity contribution in [2.75, 3.05) is 13.2 Å². The van der Waals surface area contributed by atoms with Crippen LogP contribution in [0.4, 0.5) is 0 Å². The first kappa shape index (κ1) is 8.27. The van der Waals surface area contributed by atoms with Gasteiger partial charge in [-0.3, -0.25) is 5.32 Å². The van der Waals surface area contributed by atoms with Crippen LogP contribution in [0.3, 0.4) is 0 Å². The Kier molecular flexibility index (Phi) is 2.92. The minimum absolute atomic E-state index is 0.179. The van der Waals surface area contributed by atoms with E-state index in [4.69, 9.17) is 21.4 Å². The summed E-state index contributed by atoms with van der Waals surface area (Å²) in [7, 11) is 0. The molecule has 1 aliphatic rings. The van der Waals surface area contributed by atoms with Crippen LogP contribution >= 0.6 is 11.6 Å². The summed E-state index contributed by atoms with van der Waals surface area (Å²) in [6.45, 7) is 3.16. The highest BCUT2D eigenvalue weighted by Crippen LogP contribution is 2.11. The van der Waals surface area contributed by atoms with Gasteiger partial charge in [0.1, 0.15) is 6.23 Å². The Balaban J connectivity index is 2.32. The highest BCUT2D eigenvalue weighted by Gasteiger charge is 2.26. The predicted octanol–water partition coefficient (Wildman–Crippen LogP) is -0.0795. The fraction of sp³-hybridized carbons (Fsp3) is 1.00. The molecule has 0 radical (unpaired) electrons. The average molecular weight is 166 g/mol. The molecule has 3 unspecified atom stereocenters. The van der Waals surface area contributed by atoms with Crippen LogP contribution in [0.5, 0.6) is 0 Å². The Labute approximate surface area is 65.3 Å². The lowest BCUT2D eigenvalue weighted by atomic mass is 10.2. The van der Waals surface area contributed by atoms with Crippen molar-refractivity contribution in [3.05, 3.63) is 0 Å². The second-order valence-electron chi connectivity index (χ2n) is 2.43. The Bertz CT molecular complexity index is 104. The minimum atomic E-state index is -0.530.